The lowest BCUT2D eigenvalue weighted by atomic mass is 10.1. The van der Waals surface area contributed by atoms with E-state index in [9.17, 15) is 18.0 Å². The third-order valence-electron chi connectivity index (χ3n) is 5.44. The van der Waals surface area contributed by atoms with E-state index >= 15 is 0 Å². The van der Waals surface area contributed by atoms with Crippen molar-refractivity contribution in [3.8, 4) is 0 Å². The Bertz CT molecular complexity index is 1300. The Morgan fingerprint density at radius 2 is 1.62 bits per heavy atom. The molecule has 0 aliphatic rings. The lowest BCUT2D eigenvalue weighted by molar-refractivity contribution is -0.127. The summed E-state index contributed by atoms with van der Waals surface area (Å²) in [4.78, 5) is 29.2. The van der Waals surface area contributed by atoms with Crippen LogP contribution in [0.3, 0.4) is 0 Å². The standard InChI is InChI=1S/C26H30N6O4S/c27-25(28)21-12-9-20(10-13-21)16-30-24(33)17-31-26(34)23(14-11-19-6-2-1-3-7-19)32-37(35,36)18-22-8-4-5-15-29-22/h1-10,12-13,15,23,32H,11,14,16-18H2,(H3,27,28)(H,30,33)(H,31,34)/t23-/m1/s1. The number of benzene rings is 2. The number of nitrogen functional groups attached to an aromatic ring is 1. The average molecular weight is 523 g/mol. The molecule has 3 rings (SSSR count). The number of hydrogen-bond donors (Lipinski definition) is 5. The van der Waals surface area contributed by atoms with Crippen LogP contribution in [-0.2, 0) is 38.3 Å². The highest BCUT2D eigenvalue weighted by atomic mass is 32.2. The van der Waals surface area contributed by atoms with Crippen molar-refractivity contribution in [2.45, 2.75) is 31.2 Å². The minimum Gasteiger partial charge on any atom is -0.384 e. The van der Waals surface area contributed by atoms with E-state index in [-0.39, 0.29) is 31.1 Å². The molecule has 1 heterocycles. The number of aryl methyl sites for hydroxylation is 1. The minimum absolute atomic E-state index is 0.0456. The van der Waals surface area contributed by atoms with Crippen molar-refractivity contribution in [3.05, 3.63) is 101 Å². The molecule has 6 N–H and O–H groups in total. The third kappa shape index (κ3) is 9.47. The van der Waals surface area contributed by atoms with E-state index in [1.165, 1.54) is 6.20 Å². The Labute approximate surface area is 216 Å². The number of amides is 2. The van der Waals surface area contributed by atoms with Gasteiger partial charge in [0.25, 0.3) is 0 Å². The number of nitrogens with one attached hydrogen (secondary N) is 4. The molecule has 0 saturated heterocycles. The molecule has 10 nitrogen and oxygen atoms in total. The van der Waals surface area contributed by atoms with Crippen LogP contribution in [0.15, 0.2) is 79.0 Å². The number of nitrogens with zero attached hydrogens (tertiary/aromatic N) is 1. The molecular weight excluding hydrogens is 492 g/mol. The Morgan fingerprint density at radius 3 is 2.27 bits per heavy atom. The summed E-state index contributed by atoms with van der Waals surface area (Å²) in [5, 5.41) is 12.6. The van der Waals surface area contributed by atoms with Crippen LogP contribution in [0.4, 0.5) is 0 Å². The summed E-state index contributed by atoms with van der Waals surface area (Å²) in [6.07, 6.45) is 2.18. The van der Waals surface area contributed by atoms with Crippen molar-refractivity contribution in [3.63, 3.8) is 0 Å². The summed E-state index contributed by atoms with van der Waals surface area (Å²) >= 11 is 0. The van der Waals surface area contributed by atoms with Crippen LogP contribution in [-0.4, -0.2) is 43.6 Å². The first-order valence-electron chi connectivity index (χ1n) is 11.6. The Balaban J connectivity index is 1.57. The molecule has 0 radical (unpaired) electrons. The zero-order valence-corrected chi connectivity index (χ0v) is 21.0. The van der Waals surface area contributed by atoms with Gasteiger partial charge in [0.1, 0.15) is 17.6 Å². The first-order valence-corrected chi connectivity index (χ1v) is 13.3. The van der Waals surface area contributed by atoms with Gasteiger partial charge in [-0.25, -0.2) is 13.1 Å². The van der Waals surface area contributed by atoms with E-state index in [4.69, 9.17) is 11.1 Å². The lowest BCUT2D eigenvalue weighted by Gasteiger charge is -2.18. The minimum atomic E-state index is -3.88. The third-order valence-corrected chi connectivity index (χ3v) is 6.76. The Hall–Kier alpha value is -4.09. The number of carbonyl (C=O) groups is 2. The van der Waals surface area contributed by atoms with Crippen LogP contribution in [0.25, 0.3) is 0 Å². The van der Waals surface area contributed by atoms with Gasteiger partial charge < -0.3 is 16.4 Å². The Morgan fingerprint density at radius 1 is 0.919 bits per heavy atom. The quantitative estimate of drug-likeness (QED) is 0.167. The molecule has 0 bridgehead atoms. The van der Waals surface area contributed by atoms with Gasteiger partial charge in [-0.3, -0.25) is 20.0 Å². The van der Waals surface area contributed by atoms with Crippen LogP contribution in [0.1, 0.15) is 28.8 Å². The molecule has 0 saturated carbocycles. The van der Waals surface area contributed by atoms with Crippen LogP contribution in [0.2, 0.25) is 0 Å². The molecule has 1 aromatic heterocycles. The summed E-state index contributed by atoms with van der Waals surface area (Å²) in [6, 6.07) is 20.1. The summed E-state index contributed by atoms with van der Waals surface area (Å²) in [7, 11) is -3.88. The molecule has 37 heavy (non-hydrogen) atoms. The zero-order chi connectivity index (χ0) is 26.7. The average Bonchev–Trinajstić information content (AvgIpc) is 2.89. The summed E-state index contributed by atoms with van der Waals surface area (Å²) in [6.45, 7) is -0.0881. The van der Waals surface area contributed by atoms with E-state index < -0.39 is 27.9 Å². The van der Waals surface area contributed by atoms with Crippen molar-refractivity contribution in [2.75, 3.05) is 6.54 Å². The maximum absolute atomic E-state index is 12.9. The molecule has 1 atom stereocenters. The molecule has 0 aliphatic heterocycles. The van der Waals surface area contributed by atoms with Crippen molar-refractivity contribution in [2.24, 2.45) is 5.73 Å². The van der Waals surface area contributed by atoms with Crippen LogP contribution < -0.4 is 21.1 Å². The molecule has 0 spiro atoms. The topological polar surface area (TPSA) is 167 Å². The predicted molar refractivity (Wildman–Crippen MR) is 141 cm³/mol. The number of hydrogen-bond acceptors (Lipinski definition) is 6. The van der Waals surface area contributed by atoms with Gasteiger partial charge in [-0.05, 0) is 36.1 Å². The predicted octanol–water partition coefficient (Wildman–Crippen LogP) is 1.22. The zero-order valence-electron chi connectivity index (χ0n) is 20.2. The number of aromatic nitrogens is 1. The van der Waals surface area contributed by atoms with E-state index in [1.807, 2.05) is 30.3 Å². The van der Waals surface area contributed by atoms with Gasteiger partial charge in [0.15, 0.2) is 0 Å². The number of nitrogens with two attached hydrogens (primary N) is 1. The molecule has 0 aliphatic carbocycles. The first kappa shape index (κ1) is 27.5. The largest absolute Gasteiger partial charge is 0.384 e. The molecule has 11 heteroatoms. The van der Waals surface area contributed by atoms with Gasteiger partial charge in [0.05, 0.1) is 12.2 Å². The molecule has 2 amide bonds. The molecule has 0 fully saturated rings. The van der Waals surface area contributed by atoms with Crippen LogP contribution in [0.5, 0.6) is 0 Å². The van der Waals surface area contributed by atoms with Crippen molar-refractivity contribution >= 4 is 27.7 Å². The van der Waals surface area contributed by atoms with Gasteiger partial charge in [0.2, 0.25) is 21.8 Å². The summed E-state index contributed by atoms with van der Waals surface area (Å²) < 4.78 is 28.0. The molecule has 3 aromatic rings. The summed E-state index contributed by atoms with van der Waals surface area (Å²) in [5.74, 6) is -1.44. The SMILES string of the molecule is N=C(N)c1ccc(CNC(=O)CNC(=O)[C@@H](CCc2ccccc2)NS(=O)(=O)Cc2ccccn2)cc1. The second-order valence-corrected chi connectivity index (χ2v) is 10.1. The smallest absolute Gasteiger partial charge is 0.239 e. The van der Waals surface area contributed by atoms with Crippen molar-refractivity contribution < 1.29 is 18.0 Å². The summed E-state index contributed by atoms with van der Waals surface area (Å²) in [5.41, 5.74) is 8.12. The van der Waals surface area contributed by atoms with Crippen molar-refractivity contribution in [1.82, 2.24) is 20.3 Å². The highest BCUT2D eigenvalue weighted by Gasteiger charge is 2.25. The molecular formula is C26H30N6O4S. The second-order valence-electron chi connectivity index (χ2n) is 8.38. The molecule has 2 aromatic carbocycles. The maximum atomic E-state index is 12.9. The highest BCUT2D eigenvalue weighted by Crippen LogP contribution is 2.09. The van der Waals surface area contributed by atoms with E-state index in [0.717, 1.165) is 11.1 Å². The van der Waals surface area contributed by atoms with Gasteiger partial charge in [-0.1, -0.05) is 60.7 Å². The second kappa shape index (κ2) is 13.3. The van der Waals surface area contributed by atoms with Gasteiger partial charge >= 0.3 is 0 Å². The van der Waals surface area contributed by atoms with Crippen LogP contribution >= 0.6 is 0 Å². The fraction of sp³-hybridized carbons (Fsp3) is 0.231. The number of amidine groups is 1. The number of sulfonamides is 1. The lowest BCUT2D eigenvalue weighted by Crippen LogP contribution is -2.49. The first-order chi connectivity index (χ1) is 17.7. The van der Waals surface area contributed by atoms with E-state index in [1.54, 1.807) is 42.5 Å². The van der Waals surface area contributed by atoms with Gasteiger partial charge in [0, 0.05) is 18.3 Å². The molecule has 194 valence electrons. The number of carbonyl (C=O) groups excluding carboxylic acids is 2. The fourth-order valence-electron chi connectivity index (χ4n) is 3.49. The normalized spacial score (nSPS) is 11.9. The Kier molecular flexibility index (Phi) is 9.87. The van der Waals surface area contributed by atoms with E-state index in [2.05, 4.69) is 20.3 Å². The van der Waals surface area contributed by atoms with Crippen LogP contribution in [0, 0.1) is 5.41 Å². The fourth-order valence-corrected chi connectivity index (χ4v) is 4.79. The maximum Gasteiger partial charge on any atom is 0.239 e. The number of pyridine rings is 1. The highest BCUT2D eigenvalue weighted by molar-refractivity contribution is 7.88. The van der Waals surface area contributed by atoms with Gasteiger partial charge in [-0.15, -0.1) is 0 Å². The van der Waals surface area contributed by atoms with Crippen molar-refractivity contribution in [1.29, 1.82) is 5.41 Å². The van der Waals surface area contributed by atoms with Gasteiger partial charge in [-0.2, -0.15) is 0 Å². The monoisotopic (exact) mass is 522 g/mol. The molecule has 0 unspecified atom stereocenters. The number of rotatable bonds is 13. The van der Waals surface area contributed by atoms with E-state index in [0.29, 0.717) is 17.7 Å².